The lowest BCUT2D eigenvalue weighted by Gasteiger charge is -2.40. The molecule has 17 heavy (non-hydrogen) atoms. The Labute approximate surface area is 103 Å². The standard InChI is InChI=1S/C14H22O3/c1-3-11-7-6-10-14(13(15)16-2)9-5-4-8-12(14)17-11/h3,11-12H,1,4-10H2,2H3/t11-,12-,14+/m1/s1. The molecule has 1 saturated heterocycles. The molecule has 0 bridgehead atoms. The number of fused-ring (bicyclic) bond motifs is 1. The number of hydrogen-bond acceptors (Lipinski definition) is 3. The highest BCUT2D eigenvalue weighted by atomic mass is 16.5. The second-order valence-corrected chi connectivity index (χ2v) is 5.18. The van der Waals surface area contributed by atoms with Gasteiger partial charge < -0.3 is 9.47 Å². The molecule has 0 radical (unpaired) electrons. The highest BCUT2D eigenvalue weighted by molar-refractivity contribution is 5.77. The van der Waals surface area contributed by atoms with Crippen LogP contribution < -0.4 is 0 Å². The van der Waals surface area contributed by atoms with Gasteiger partial charge in [-0.3, -0.25) is 4.79 Å². The Morgan fingerprint density at radius 2 is 2.12 bits per heavy atom. The van der Waals surface area contributed by atoms with E-state index in [4.69, 9.17) is 9.47 Å². The van der Waals surface area contributed by atoms with E-state index in [0.717, 1.165) is 44.9 Å². The van der Waals surface area contributed by atoms with Gasteiger partial charge in [0.25, 0.3) is 0 Å². The Kier molecular flexibility index (Phi) is 3.87. The van der Waals surface area contributed by atoms with Crippen molar-refractivity contribution < 1.29 is 14.3 Å². The van der Waals surface area contributed by atoms with Crippen LogP contribution in [0.5, 0.6) is 0 Å². The van der Waals surface area contributed by atoms with Crippen molar-refractivity contribution in [3.8, 4) is 0 Å². The summed E-state index contributed by atoms with van der Waals surface area (Å²) >= 11 is 0. The van der Waals surface area contributed by atoms with Crippen LogP contribution in [0.4, 0.5) is 0 Å². The maximum Gasteiger partial charge on any atom is 0.314 e. The number of carbonyl (C=O) groups excluding carboxylic acids is 1. The fraction of sp³-hybridized carbons (Fsp3) is 0.786. The molecule has 0 aromatic heterocycles. The molecule has 1 heterocycles. The largest absolute Gasteiger partial charge is 0.469 e. The van der Waals surface area contributed by atoms with E-state index in [0.29, 0.717) is 0 Å². The van der Waals surface area contributed by atoms with Crippen LogP contribution in [0.2, 0.25) is 0 Å². The maximum absolute atomic E-state index is 12.1. The number of rotatable bonds is 2. The number of hydrogen-bond donors (Lipinski definition) is 0. The molecule has 1 aliphatic heterocycles. The quantitative estimate of drug-likeness (QED) is 0.548. The smallest absolute Gasteiger partial charge is 0.314 e. The van der Waals surface area contributed by atoms with Crippen LogP contribution in [0.1, 0.15) is 44.9 Å². The predicted molar refractivity (Wildman–Crippen MR) is 65.6 cm³/mol. The highest BCUT2D eigenvalue weighted by Gasteiger charge is 2.50. The lowest BCUT2D eigenvalue weighted by molar-refractivity contribution is -0.169. The van der Waals surface area contributed by atoms with Crippen molar-refractivity contribution in [1.82, 2.24) is 0 Å². The molecular formula is C14H22O3. The zero-order valence-corrected chi connectivity index (χ0v) is 10.6. The summed E-state index contributed by atoms with van der Waals surface area (Å²) < 4.78 is 11.1. The Morgan fingerprint density at radius 3 is 2.82 bits per heavy atom. The summed E-state index contributed by atoms with van der Waals surface area (Å²) in [6, 6.07) is 0. The maximum atomic E-state index is 12.1. The molecular weight excluding hydrogens is 216 g/mol. The lowest BCUT2D eigenvalue weighted by atomic mass is 9.69. The Hall–Kier alpha value is -0.830. The van der Waals surface area contributed by atoms with Crippen LogP contribution in [0, 0.1) is 5.41 Å². The molecule has 3 nitrogen and oxygen atoms in total. The first kappa shape index (κ1) is 12.6. The Morgan fingerprint density at radius 1 is 1.35 bits per heavy atom. The summed E-state index contributed by atoms with van der Waals surface area (Å²) in [4.78, 5) is 12.1. The van der Waals surface area contributed by atoms with Crippen LogP contribution in [0.3, 0.4) is 0 Å². The number of esters is 1. The minimum atomic E-state index is -0.384. The molecule has 0 aromatic carbocycles. The van der Waals surface area contributed by atoms with Crippen molar-refractivity contribution >= 4 is 5.97 Å². The molecule has 96 valence electrons. The first-order valence-electron chi connectivity index (χ1n) is 6.59. The molecule has 3 heteroatoms. The van der Waals surface area contributed by atoms with E-state index in [-0.39, 0.29) is 23.6 Å². The zero-order valence-electron chi connectivity index (χ0n) is 10.6. The lowest BCUT2D eigenvalue weighted by Crippen LogP contribution is -2.46. The molecule has 0 aromatic rings. The van der Waals surface area contributed by atoms with Gasteiger partial charge in [-0.1, -0.05) is 18.9 Å². The van der Waals surface area contributed by atoms with Gasteiger partial charge in [-0.05, 0) is 32.1 Å². The van der Waals surface area contributed by atoms with Gasteiger partial charge in [0, 0.05) is 0 Å². The van der Waals surface area contributed by atoms with Gasteiger partial charge in [0.15, 0.2) is 0 Å². The first-order valence-corrected chi connectivity index (χ1v) is 6.59. The van der Waals surface area contributed by atoms with E-state index in [1.54, 1.807) is 0 Å². The van der Waals surface area contributed by atoms with E-state index >= 15 is 0 Å². The van der Waals surface area contributed by atoms with Gasteiger partial charge in [-0.25, -0.2) is 0 Å². The zero-order chi connectivity index (χ0) is 12.3. The Balaban J connectivity index is 2.24. The van der Waals surface area contributed by atoms with Gasteiger partial charge in [-0.2, -0.15) is 0 Å². The van der Waals surface area contributed by atoms with Crippen LogP contribution in [0.15, 0.2) is 12.7 Å². The fourth-order valence-corrected chi connectivity index (χ4v) is 3.30. The fourth-order valence-electron chi connectivity index (χ4n) is 3.30. The average Bonchev–Trinajstić information content (AvgIpc) is 2.57. The molecule has 1 saturated carbocycles. The third-order valence-electron chi connectivity index (χ3n) is 4.26. The van der Waals surface area contributed by atoms with Crippen molar-refractivity contribution in [3.63, 3.8) is 0 Å². The van der Waals surface area contributed by atoms with Crippen LogP contribution in [-0.2, 0) is 14.3 Å². The topological polar surface area (TPSA) is 35.5 Å². The van der Waals surface area contributed by atoms with Crippen molar-refractivity contribution in [2.75, 3.05) is 7.11 Å². The summed E-state index contributed by atoms with van der Waals surface area (Å²) in [6.07, 6.45) is 9.01. The van der Waals surface area contributed by atoms with E-state index in [2.05, 4.69) is 6.58 Å². The highest BCUT2D eigenvalue weighted by Crippen LogP contribution is 2.46. The summed E-state index contributed by atoms with van der Waals surface area (Å²) in [7, 11) is 1.48. The van der Waals surface area contributed by atoms with Crippen molar-refractivity contribution in [2.45, 2.75) is 57.2 Å². The monoisotopic (exact) mass is 238 g/mol. The second-order valence-electron chi connectivity index (χ2n) is 5.18. The first-order chi connectivity index (χ1) is 8.23. The summed E-state index contributed by atoms with van der Waals surface area (Å²) in [6.45, 7) is 3.81. The van der Waals surface area contributed by atoms with Gasteiger partial charge in [0.05, 0.1) is 24.7 Å². The Bertz CT molecular complexity index is 300. The third-order valence-corrected chi connectivity index (χ3v) is 4.26. The molecule has 0 amide bonds. The molecule has 2 fully saturated rings. The van der Waals surface area contributed by atoms with E-state index in [1.807, 2.05) is 6.08 Å². The van der Waals surface area contributed by atoms with E-state index in [9.17, 15) is 4.79 Å². The molecule has 2 aliphatic rings. The number of carbonyl (C=O) groups is 1. The normalized spacial score (nSPS) is 37.7. The van der Waals surface area contributed by atoms with E-state index < -0.39 is 0 Å². The minimum absolute atomic E-state index is 0.0224. The van der Waals surface area contributed by atoms with Gasteiger partial charge in [0.2, 0.25) is 0 Å². The van der Waals surface area contributed by atoms with Gasteiger partial charge >= 0.3 is 5.97 Å². The molecule has 0 unspecified atom stereocenters. The second kappa shape index (κ2) is 5.21. The number of methoxy groups -OCH3 is 1. The molecule has 3 atom stereocenters. The molecule has 0 N–H and O–H groups in total. The van der Waals surface area contributed by atoms with Crippen molar-refractivity contribution in [3.05, 3.63) is 12.7 Å². The average molecular weight is 238 g/mol. The molecule has 1 aliphatic carbocycles. The van der Waals surface area contributed by atoms with Crippen molar-refractivity contribution in [1.29, 1.82) is 0 Å². The van der Waals surface area contributed by atoms with Crippen LogP contribution >= 0.6 is 0 Å². The summed E-state index contributed by atoms with van der Waals surface area (Å²) in [5.74, 6) is -0.0769. The number of ether oxygens (including phenoxy) is 2. The van der Waals surface area contributed by atoms with Crippen LogP contribution in [-0.4, -0.2) is 25.3 Å². The van der Waals surface area contributed by atoms with Crippen LogP contribution in [0.25, 0.3) is 0 Å². The molecule has 0 spiro atoms. The SMILES string of the molecule is C=C[C@@H]1CCC[C@@]2(C(=O)OC)CCCC[C@H]2O1. The molecule has 2 rings (SSSR count). The summed E-state index contributed by atoms with van der Waals surface area (Å²) in [5.41, 5.74) is -0.384. The summed E-state index contributed by atoms with van der Waals surface area (Å²) in [5, 5.41) is 0. The van der Waals surface area contributed by atoms with Crippen molar-refractivity contribution in [2.24, 2.45) is 5.41 Å². The van der Waals surface area contributed by atoms with Gasteiger partial charge in [-0.15, -0.1) is 6.58 Å². The van der Waals surface area contributed by atoms with Gasteiger partial charge in [0.1, 0.15) is 0 Å². The minimum Gasteiger partial charge on any atom is -0.469 e. The van der Waals surface area contributed by atoms with E-state index in [1.165, 1.54) is 7.11 Å². The predicted octanol–water partition coefficient (Wildman–Crippen LogP) is 2.84. The third kappa shape index (κ3) is 2.25.